The molecule has 22 heavy (non-hydrogen) atoms. The van der Waals surface area contributed by atoms with Gasteiger partial charge in [-0.25, -0.2) is 0 Å². The van der Waals surface area contributed by atoms with Gasteiger partial charge in [0.15, 0.2) is 0 Å². The molecule has 2 N–H and O–H groups in total. The lowest BCUT2D eigenvalue weighted by Crippen LogP contribution is -2.14. The van der Waals surface area contributed by atoms with Gasteiger partial charge in [-0.3, -0.25) is 4.79 Å². The van der Waals surface area contributed by atoms with E-state index in [1.165, 1.54) is 51.4 Å². The molecule has 0 aliphatic carbocycles. The van der Waals surface area contributed by atoms with Crippen LogP contribution in [0.1, 0.15) is 79.1 Å². The van der Waals surface area contributed by atoms with Crippen LogP contribution in [0.5, 0.6) is 0 Å². The maximum atomic E-state index is 9.47. The SMILES string of the molecule is C=CC(N)=O.CCCCC(CC)COCC(CC)CCCC. The van der Waals surface area contributed by atoms with Gasteiger partial charge >= 0.3 is 0 Å². The quantitative estimate of drug-likeness (QED) is 0.481. The molecule has 3 nitrogen and oxygen atoms in total. The van der Waals surface area contributed by atoms with Crippen LogP contribution in [0, 0.1) is 11.8 Å². The average molecular weight is 314 g/mol. The van der Waals surface area contributed by atoms with E-state index >= 15 is 0 Å². The van der Waals surface area contributed by atoms with E-state index in [-0.39, 0.29) is 0 Å². The average Bonchev–Trinajstić information content (AvgIpc) is 2.54. The number of amides is 1. The molecule has 0 aromatic heterocycles. The predicted octanol–water partition coefficient (Wildman–Crippen LogP) is 5.09. The van der Waals surface area contributed by atoms with E-state index in [0.717, 1.165) is 31.1 Å². The highest BCUT2D eigenvalue weighted by atomic mass is 16.5. The standard InChI is InChI=1S/C16H34O.C3H5NO/c1-5-9-11-15(7-3)13-17-14-16(8-4)12-10-6-2;1-2-3(4)5/h15-16H,5-14H2,1-4H3;2H,1H2,(H2,4,5). The van der Waals surface area contributed by atoms with Crippen molar-refractivity contribution in [1.29, 1.82) is 0 Å². The summed E-state index contributed by atoms with van der Waals surface area (Å²) in [6.07, 6.45) is 11.6. The van der Waals surface area contributed by atoms with Gasteiger partial charge in [0, 0.05) is 13.2 Å². The second-order valence-corrected chi connectivity index (χ2v) is 5.98. The first kappa shape index (κ1) is 23.4. The molecule has 0 spiro atoms. The first-order valence-electron chi connectivity index (χ1n) is 9.04. The van der Waals surface area contributed by atoms with Crippen molar-refractivity contribution in [3.63, 3.8) is 0 Å². The van der Waals surface area contributed by atoms with Crippen LogP contribution in [0.3, 0.4) is 0 Å². The molecule has 0 aromatic rings. The van der Waals surface area contributed by atoms with E-state index in [4.69, 9.17) is 4.74 Å². The van der Waals surface area contributed by atoms with E-state index in [9.17, 15) is 4.79 Å². The van der Waals surface area contributed by atoms with Crippen molar-refractivity contribution in [2.24, 2.45) is 17.6 Å². The lowest BCUT2D eigenvalue weighted by atomic mass is 9.99. The number of nitrogens with two attached hydrogens (primary N) is 1. The molecule has 0 bridgehead atoms. The molecule has 0 radical (unpaired) electrons. The number of carbonyl (C=O) groups excluding carboxylic acids is 1. The Morgan fingerprint density at radius 3 is 1.59 bits per heavy atom. The topological polar surface area (TPSA) is 52.3 Å². The molecule has 0 heterocycles. The lowest BCUT2D eigenvalue weighted by molar-refractivity contribution is -0.113. The Balaban J connectivity index is 0. The van der Waals surface area contributed by atoms with Crippen LogP contribution in [-0.2, 0) is 9.53 Å². The number of carbonyl (C=O) groups is 1. The van der Waals surface area contributed by atoms with Crippen molar-refractivity contribution in [1.82, 2.24) is 0 Å². The summed E-state index contributed by atoms with van der Waals surface area (Å²) in [5.74, 6) is 1.10. The first-order chi connectivity index (χ1) is 10.5. The van der Waals surface area contributed by atoms with E-state index in [0.29, 0.717) is 0 Å². The van der Waals surface area contributed by atoms with Crippen molar-refractivity contribution in [2.75, 3.05) is 13.2 Å². The van der Waals surface area contributed by atoms with Crippen molar-refractivity contribution >= 4 is 5.91 Å². The Morgan fingerprint density at radius 2 is 1.36 bits per heavy atom. The fourth-order valence-corrected chi connectivity index (χ4v) is 2.20. The molecule has 0 aliphatic heterocycles. The summed E-state index contributed by atoms with van der Waals surface area (Å²) in [7, 11) is 0. The van der Waals surface area contributed by atoms with Crippen LogP contribution in [0.2, 0.25) is 0 Å². The Kier molecular flexibility index (Phi) is 19.4. The summed E-state index contributed by atoms with van der Waals surface area (Å²) < 4.78 is 5.93. The van der Waals surface area contributed by atoms with Gasteiger partial charge < -0.3 is 10.5 Å². The molecular formula is C19H39NO2. The number of rotatable bonds is 13. The van der Waals surface area contributed by atoms with E-state index in [1.54, 1.807) is 0 Å². The van der Waals surface area contributed by atoms with E-state index in [1.807, 2.05) is 0 Å². The van der Waals surface area contributed by atoms with Crippen molar-refractivity contribution in [3.05, 3.63) is 12.7 Å². The molecule has 0 fully saturated rings. The highest BCUT2D eigenvalue weighted by molar-refractivity contribution is 5.84. The fourth-order valence-electron chi connectivity index (χ4n) is 2.20. The third-order valence-corrected chi connectivity index (χ3v) is 3.99. The molecule has 132 valence electrons. The molecule has 0 aromatic carbocycles. The molecule has 0 saturated heterocycles. The number of ether oxygens (including phenoxy) is 1. The molecule has 0 saturated carbocycles. The molecule has 1 amide bonds. The number of unbranched alkanes of at least 4 members (excludes halogenated alkanes) is 2. The van der Waals surface area contributed by atoms with Crippen molar-refractivity contribution < 1.29 is 9.53 Å². The maximum absolute atomic E-state index is 9.47. The van der Waals surface area contributed by atoms with Gasteiger partial charge in [0.05, 0.1) is 0 Å². The van der Waals surface area contributed by atoms with E-state index < -0.39 is 5.91 Å². The Bertz CT molecular complexity index is 238. The third-order valence-electron chi connectivity index (χ3n) is 3.99. The number of hydrogen-bond donors (Lipinski definition) is 1. The maximum Gasteiger partial charge on any atom is 0.240 e. The Hall–Kier alpha value is -0.830. The van der Waals surface area contributed by atoms with Gasteiger partial charge in [0.1, 0.15) is 0 Å². The van der Waals surface area contributed by atoms with Crippen molar-refractivity contribution in [3.8, 4) is 0 Å². The van der Waals surface area contributed by atoms with Gasteiger partial charge in [-0.05, 0) is 30.8 Å². The minimum atomic E-state index is -0.481. The van der Waals surface area contributed by atoms with Crippen LogP contribution in [0.15, 0.2) is 12.7 Å². The van der Waals surface area contributed by atoms with Crippen LogP contribution in [0.25, 0.3) is 0 Å². The summed E-state index contributed by atoms with van der Waals surface area (Å²) in [5.41, 5.74) is 4.53. The minimum absolute atomic E-state index is 0.481. The summed E-state index contributed by atoms with van der Waals surface area (Å²) in [5, 5.41) is 0. The molecule has 0 aliphatic rings. The summed E-state index contributed by atoms with van der Waals surface area (Å²) >= 11 is 0. The summed E-state index contributed by atoms with van der Waals surface area (Å²) in [6.45, 7) is 14.2. The largest absolute Gasteiger partial charge is 0.381 e. The van der Waals surface area contributed by atoms with Gasteiger partial charge in [0.25, 0.3) is 0 Å². The third kappa shape index (κ3) is 17.2. The zero-order valence-electron chi connectivity index (χ0n) is 15.4. The second-order valence-electron chi connectivity index (χ2n) is 5.98. The minimum Gasteiger partial charge on any atom is -0.381 e. The van der Waals surface area contributed by atoms with Crippen LogP contribution < -0.4 is 5.73 Å². The van der Waals surface area contributed by atoms with Crippen LogP contribution >= 0.6 is 0 Å². The molecule has 0 rings (SSSR count). The fraction of sp³-hybridized carbons (Fsp3) is 0.842. The lowest BCUT2D eigenvalue weighted by Gasteiger charge is -2.18. The van der Waals surface area contributed by atoms with Crippen molar-refractivity contribution in [2.45, 2.75) is 79.1 Å². The van der Waals surface area contributed by atoms with Gasteiger partial charge in [-0.2, -0.15) is 0 Å². The Labute approximate surface area is 138 Å². The smallest absolute Gasteiger partial charge is 0.240 e. The predicted molar refractivity (Wildman–Crippen MR) is 96.8 cm³/mol. The molecule has 2 unspecified atom stereocenters. The first-order valence-corrected chi connectivity index (χ1v) is 9.04. The highest BCUT2D eigenvalue weighted by Crippen LogP contribution is 2.16. The van der Waals surface area contributed by atoms with Crippen LogP contribution in [0.4, 0.5) is 0 Å². The normalized spacial score (nSPS) is 12.9. The highest BCUT2D eigenvalue weighted by Gasteiger charge is 2.09. The number of hydrogen-bond acceptors (Lipinski definition) is 2. The molecule has 2 atom stereocenters. The van der Waals surface area contributed by atoms with Gasteiger partial charge in [0.2, 0.25) is 5.91 Å². The summed E-state index contributed by atoms with van der Waals surface area (Å²) in [6, 6.07) is 0. The zero-order chi connectivity index (χ0) is 17.2. The molecular weight excluding hydrogens is 274 g/mol. The molecule has 3 heteroatoms. The van der Waals surface area contributed by atoms with Gasteiger partial charge in [-0.15, -0.1) is 0 Å². The number of primary amides is 1. The van der Waals surface area contributed by atoms with E-state index in [2.05, 4.69) is 40.0 Å². The van der Waals surface area contributed by atoms with Gasteiger partial charge in [-0.1, -0.05) is 72.8 Å². The zero-order valence-corrected chi connectivity index (χ0v) is 15.4. The Morgan fingerprint density at radius 1 is 1.00 bits per heavy atom. The summed E-state index contributed by atoms with van der Waals surface area (Å²) in [4.78, 5) is 9.47. The monoisotopic (exact) mass is 313 g/mol. The van der Waals surface area contributed by atoms with Crippen LogP contribution in [-0.4, -0.2) is 19.1 Å². The second kappa shape index (κ2) is 18.2.